The number of rotatable bonds is 4. The lowest BCUT2D eigenvalue weighted by molar-refractivity contribution is 0.560. The highest BCUT2D eigenvalue weighted by Gasteiger charge is 2.23. The van der Waals surface area contributed by atoms with E-state index >= 15 is 0 Å². The molecule has 1 heterocycles. The molecule has 5 heteroatoms. The molecule has 0 saturated heterocycles. The zero-order chi connectivity index (χ0) is 14.0. The van der Waals surface area contributed by atoms with Crippen LogP contribution < -0.4 is 5.73 Å². The number of hydrogen-bond donors (Lipinski definition) is 1. The van der Waals surface area contributed by atoms with Crippen LogP contribution in [0.4, 0.5) is 0 Å². The Morgan fingerprint density at radius 3 is 2.58 bits per heavy atom. The van der Waals surface area contributed by atoms with Crippen LogP contribution in [0.25, 0.3) is 10.9 Å². The molecule has 2 rings (SSSR count). The highest BCUT2D eigenvalue weighted by Crippen LogP contribution is 2.14. The molecule has 2 aromatic rings. The van der Waals surface area contributed by atoms with Crippen LogP contribution in [0.15, 0.2) is 36.4 Å². The number of pyridine rings is 1. The minimum Gasteiger partial charge on any atom is -0.326 e. The molecule has 2 atom stereocenters. The molecular formula is C14H18N2O2S. The molecule has 1 aromatic heterocycles. The van der Waals surface area contributed by atoms with Crippen molar-refractivity contribution in [3.8, 4) is 0 Å². The third kappa shape index (κ3) is 3.30. The SMILES string of the molecule is CC(C(N)Cc1ccc2ccccc2n1)S(C)(=O)=O. The van der Waals surface area contributed by atoms with Gasteiger partial charge in [-0.25, -0.2) is 8.42 Å². The van der Waals surface area contributed by atoms with Gasteiger partial charge in [0.05, 0.1) is 10.8 Å². The molecule has 102 valence electrons. The van der Waals surface area contributed by atoms with Crippen LogP contribution in [0.3, 0.4) is 0 Å². The van der Waals surface area contributed by atoms with Crippen LogP contribution in [0, 0.1) is 0 Å². The van der Waals surface area contributed by atoms with Crippen molar-refractivity contribution in [1.29, 1.82) is 0 Å². The van der Waals surface area contributed by atoms with Crippen molar-refractivity contribution in [3.63, 3.8) is 0 Å². The molecule has 2 unspecified atom stereocenters. The zero-order valence-electron chi connectivity index (χ0n) is 11.1. The van der Waals surface area contributed by atoms with Gasteiger partial charge in [0, 0.05) is 29.8 Å². The predicted molar refractivity (Wildman–Crippen MR) is 77.7 cm³/mol. The summed E-state index contributed by atoms with van der Waals surface area (Å²) in [6.45, 7) is 1.64. The number of sulfone groups is 1. The molecule has 1 aromatic carbocycles. The van der Waals surface area contributed by atoms with Crippen molar-refractivity contribution in [2.45, 2.75) is 24.6 Å². The van der Waals surface area contributed by atoms with Crippen LogP contribution in [-0.2, 0) is 16.3 Å². The Hall–Kier alpha value is -1.46. The maximum absolute atomic E-state index is 11.5. The topological polar surface area (TPSA) is 73.0 Å². The lowest BCUT2D eigenvalue weighted by Gasteiger charge is -2.17. The van der Waals surface area contributed by atoms with Crippen LogP contribution in [-0.4, -0.2) is 30.9 Å². The van der Waals surface area contributed by atoms with Crippen molar-refractivity contribution in [2.24, 2.45) is 5.73 Å². The van der Waals surface area contributed by atoms with E-state index in [0.717, 1.165) is 16.6 Å². The average Bonchev–Trinajstić information content (AvgIpc) is 2.36. The summed E-state index contributed by atoms with van der Waals surface area (Å²) in [6.07, 6.45) is 1.67. The first-order chi connectivity index (χ1) is 8.88. The first kappa shape index (κ1) is 14.0. The molecule has 0 spiro atoms. The van der Waals surface area contributed by atoms with Gasteiger partial charge in [-0.05, 0) is 19.1 Å². The van der Waals surface area contributed by atoms with E-state index in [0.29, 0.717) is 6.42 Å². The van der Waals surface area contributed by atoms with E-state index < -0.39 is 21.1 Å². The Morgan fingerprint density at radius 1 is 1.21 bits per heavy atom. The van der Waals surface area contributed by atoms with Crippen LogP contribution >= 0.6 is 0 Å². The second-order valence-corrected chi connectivity index (χ2v) is 7.30. The van der Waals surface area contributed by atoms with Gasteiger partial charge in [-0.1, -0.05) is 24.3 Å². The van der Waals surface area contributed by atoms with Gasteiger partial charge in [-0.2, -0.15) is 0 Å². The number of nitrogens with two attached hydrogens (primary N) is 1. The Labute approximate surface area is 113 Å². The van der Waals surface area contributed by atoms with Crippen molar-refractivity contribution in [2.75, 3.05) is 6.26 Å². The van der Waals surface area contributed by atoms with Crippen LogP contribution in [0.2, 0.25) is 0 Å². The molecule has 0 aliphatic rings. The maximum atomic E-state index is 11.5. The van der Waals surface area contributed by atoms with Crippen molar-refractivity contribution in [1.82, 2.24) is 4.98 Å². The normalized spacial score (nSPS) is 15.3. The van der Waals surface area contributed by atoms with E-state index in [4.69, 9.17) is 5.73 Å². The number of nitrogens with zero attached hydrogens (tertiary/aromatic N) is 1. The van der Waals surface area contributed by atoms with E-state index in [9.17, 15) is 8.42 Å². The highest BCUT2D eigenvalue weighted by atomic mass is 32.2. The molecule has 0 saturated carbocycles. The molecule has 4 nitrogen and oxygen atoms in total. The number of para-hydroxylation sites is 1. The highest BCUT2D eigenvalue weighted by molar-refractivity contribution is 7.91. The Balaban J connectivity index is 2.22. The Morgan fingerprint density at radius 2 is 1.89 bits per heavy atom. The van der Waals surface area contributed by atoms with Gasteiger partial charge in [0.15, 0.2) is 9.84 Å². The minimum atomic E-state index is -3.12. The van der Waals surface area contributed by atoms with Crippen molar-refractivity contribution < 1.29 is 8.42 Å². The van der Waals surface area contributed by atoms with Gasteiger partial charge in [0.25, 0.3) is 0 Å². The molecule has 0 fully saturated rings. The summed E-state index contributed by atoms with van der Waals surface area (Å²) in [5.41, 5.74) is 7.68. The lowest BCUT2D eigenvalue weighted by Crippen LogP contribution is -2.39. The monoisotopic (exact) mass is 278 g/mol. The molecule has 19 heavy (non-hydrogen) atoms. The number of fused-ring (bicyclic) bond motifs is 1. The van der Waals surface area contributed by atoms with E-state index in [2.05, 4.69) is 4.98 Å². The molecule has 0 amide bonds. The van der Waals surface area contributed by atoms with Crippen molar-refractivity contribution in [3.05, 3.63) is 42.1 Å². The molecule has 0 aliphatic heterocycles. The second-order valence-electron chi connectivity index (χ2n) is 4.90. The maximum Gasteiger partial charge on any atom is 0.151 e. The summed E-state index contributed by atoms with van der Waals surface area (Å²) >= 11 is 0. The minimum absolute atomic E-state index is 0.441. The lowest BCUT2D eigenvalue weighted by atomic mass is 10.1. The fraction of sp³-hybridized carbons (Fsp3) is 0.357. The Bertz CT molecular complexity index is 683. The summed E-state index contributed by atoms with van der Waals surface area (Å²) in [5.74, 6) is 0. The van der Waals surface area contributed by atoms with Gasteiger partial charge in [0.1, 0.15) is 0 Å². The van der Waals surface area contributed by atoms with Crippen molar-refractivity contribution >= 4 is 20.7 Å². The summed E-state index contributed by atoms with van der Waals surface area (Å²) in [4.78, 5) is 4.50. The summed E-state index contributed by atoms with van der Waals surface area (Å²) in [7, 11) is -3.12. The van der Waals surface area contributed by atoms with Gasteiger partial charge in [-0.3, -0.25) is 4.98 Å². The van der Waals surface area contributed by atoms with E-state index in [-0.39, 0.29) is 0 Å². The molecule has 2 N–H and O–H groups in total. The third-order valence-corrected chi connectivity index (χ3v) is 5.08. The largest absolute Gasteiger partial charge is 0.326 e. The smallest absolute Gasteiger partial charge is 0.151 e. The molecule has 0 aliphatic carbocycles. The van der Waals surface area contributed by atoms with Gasteiger partial charge in [0.2, 0.25) is 0 Å². The number of aromatic nitrogens is 1. The quantitative estimate of drug-likeness (QED) is 0.920. The van der Waals surface area contributed by atoms with Gasteiger partial charge >= 0.3 is 0 Å². The first-order valence-corrected chi connectivity index (χ1v) is 8.12. The van der Waals surface area contributed by atoms with Crippen LogP contribution in [0.1, 0.15) is 12.6 Å². The molecular weight excluding hydrogens is 260 g/mol. The molecule has 0 bridgehead atoms. The van der Waals surface area contributed by atoms with E-state index in [1.807, 2.05) is 36.4 Å². The predicted octanol–water partition coefficient (Wildman–Crippen LogP) is 1.54. The fourth-order valence-electron chi connectivity index (χ4n) is 1.95. The molecule has 0 radical (unpaired) electrons. The summed E-state index contributed by atoms with van der Waals surface area (Å²) < 4.78 is 22.9. The zero-order valence-corrected chi connectivity index (χ0v) is 11.9. The summed E-state index contributed by atoms with van der Waals surface area (Å²) in [6, 6.07) is 11.3. The van der Waals surface area contributed by atoms with Crippen LogP contribution in [0.5, 0.6) is 0 Å². The Kier molecular flexibility index (Phi) is 3.87. The fourth-order valence-corrected chi connectivity index (χ4v) is 2.68. The standard InChI is InChI=1S/C14H18N2O2S/c1-10(19(2,17)18)13(15)9-12-8-7-11-5-3-4-6-14(11)16-12/h3-8,10,13H,9,15H2,1-2H3. The summed E-state index contributed by atoms with van der Waals surface area (Å²) in [5, 5.41) is 0.497. The van der Waals surface area contributed by atoms with E-state index in [1.165, 1.54) is 6.26 Å². The second kappa shape index (κ2) is 5.27. The third-order valence-electron chi connectivity index (χ3n) is 3.38. The number of hydrogen-bond acceptors (Lipinski definition) is 4. The van der Waals surface area contributed by atoms with Gasteiger partial charge in [-0.15, -0.1) is 0 Å². The van der Waals surface area contributed by atoms with E-state index in [1.54, 1.807) is 6.92 Å². The number of benzene rings is 1. The average molecular weight is 278 g/mol. The van der Waals surface area contributed by atoms with Gasteiger partial charge < -0.3 is 5.73 Å². The first-order valence-electron chi connectivity index (χ1n) is 6.17.